The maximum absolute atomic E-state index is 12.8. The molecular formula is C23H25N3O6. The van der Waals surface area contributed by atoms with Crippen LogP contribution in [-0.4, -0.2) is 45.5 Å². The van der Waals surface area contributed by atoms with Crippen LogP contribution in [0.3, 0.4) is 0 Å². The van der Waals surface area contributed by atoms with E-state index in [1.54, 1.807) is 45.2 Å². The van der Waals surface area contributed by atoms with Gasteiger partial charge in [0.2, 0.25) is 5.78 Å². The Hall–Kier alpha value is -3.75. The molecule has 0 aliphatic heterocycles. The minimum atomic E-state index is -1.06. The Morgan fingerprint density at radius 3 is 2.56 bits per heavy atom. The second-order valence-electron chi connectivity index (χ2n) is 7.52. The molecule has 0 fully saturated rings. The zero-order chi connectivity index (χ0) is 23.6. The fourth-order valence-electron chi connectivity index (χ4n) is 3.62. The number of aromatic nitrogens is 3. The zero-order valence-corrected chi connectivity index (χ0v) is 18.6. The van der Waals surface area contributed by atoms with Gasteiger partial charge in [-0.1, -0.05) is 12.1 Å². The van der Waals surface area contributed by atoms with Crippen LogP contribution in [0.1, 0.15) is 51.3 Å². The molecule has 0 spiro atoms. The van der Waals surface area contributed by atoms with Crippen molar-refractivity contribution in [1.29, 1.82) is 0 Å². The van der Waals surface area contributed by atoms with Gasteiger partial charge in [0.05, 0.1) is 35.7 Å². The van der Waals surface area contributed by atoms with Gasteiger partial charge < -0.3 is 14.5 Å². The molecule has 0 saturated carbocycles. The first-order chi connectivity index (χ1) is 15.1. The number of aromatic amines is 1. The number of ketones is 1. The lowest BCUT2D eigenvalue weighted by atomic mass is 10.1. The lowest BCUT2D eigenvalue weighted by molar-refractivity contribution is -0.146. The highest BCUT2D eigenvalue weighted by molar-refractivity contribution is 6.03. The summed E-state index contributed by atoms with van der Waals surface area (Å²) < 4.78 is 11.5. The van der Waals surface area contributed by atoms with E-state index in [2.05, 4.69) is 9.97 Å². The largest absolute Gasteiger partial charge is 0.465 e. The summed E-state index contributed by atoms with van der Waals surface area (Å²) in [5.41, 5.74) is 1.79. The lowest BCUT2D eigenvalue weighted by Gasteiger charge is -2.13. The number of hydrogen-bond acceptors (Lipinski definition) is 7. The molecule has 0 aliphatic carbocycles. The average molecular weight is 439 g/mol. The molecule has 1 N–H and O–H groups in total. The number of benzene rings is 1. The quantitative estimate of drug-likeness (QED) is 0.443. The number of carbonyl (C=O) groups excluding carboxylic acids is 3. The third-order valence-electron chi connectivity index (χ3n) is 5.38. The monoisotopic (exact) mass is 439 g/mol. The van der Waals surface area contributed by atoms with Crippen LogP contribution in [0.5, 0.6) is 0 Å². The molecule has 3 rings (SSSR count). The van der Waals surface area contributed by atoms with E-state index in [0.29, 0.717) is 28.0 Å². The average Bonchev–Trinajstić information content (AvgIpc) is 3.07. The predicted molar refractivity (Wildman–Crippen MR) is 117 cm³/mol. The number of hydrogen-bond donors (Lipinski definition) is 1. The van der Waals surface area contributed by atoms with Crippen molar-refractivity contribution in [3.05, 3.63) is 63.0 Å². The maximum atomic E-state index is 12.8. The second kappa shape index (κ2) is 9.17. The van der Waals surface area contributed by atoms with Gasteiger partial charge >= 0.3 is 11.9 Å². The van der Waals surface area contributed by atoms with Crippen LogP contribution in [0.25, 0.3) is 10.9 Å². The van der Waals surface area contributed by atoms with Crippen molar-refractivity contribution in [2.45, 2.75) is 39.7 Å². The molecule has 32 heavy (non-hydrogen) atoms. The number of carbonyl (C=O) groups is 3. The minimum absolute atomic E-state index is 0.0492. The predicted octanol–water partition coefficient (Wildman–Crippen LogP) is 2.41. The van der Waals surface area contributed by atoms with Crippen molar-refractivity contribution < 1.29 is 23.9 Å². The first-order valence-corrected chi connectivity index (χ1v) is 10.1. The first kappa shape index (κ1) is 22.9. The minimum Gasteiger partial charge on any atom is -0.465 e. The van der Waals surface area contributed by atoms with Crippen LogP contribution >= 0.6 is 0 Å². The van der Waals surface area contributed by atoms with E-state index in [1.807, 2.05) is 0 Å². The highest BCUT2D eigenvalue weighted by Crippen LogP contribution is 2.21. The van der Waals surface area contributed by atoms with E-state index in [4.69, 9.17) is 9.47 Å². The molecule has 0 saturated heterocycles. The molecule has 0 aliphatic rings. The number of nitrogens with zero attached hydrogens (tertiary/aromatic N) is 2. The Kier molecular flexibility index (Phi) is 6.57. The Balaban J connectivity index is 1.69. The molecule has 1 atom stereocenters. The topological polar surface area (TPSA) is 120 Å². The van der Waals surface area contributed by atoms with E-state index >= 15 is 0 Å². The van der Waals surface area contributed by atoms with Gasteiger partial charge in [-0.25, -0.2) is 9.78 Å². The Morgan fingerprint density at radius 1 is 1.19 bits per heavy atom. The van der Waals surface area contributed by atoms with Gasteiger partial charge in [0.25, 0.3) is 5.56 Å². The van der Waals surface area contributed by atoms with Gasteiger partial charge in [0.15, 0.2) is 6.10 Å². The highest BCUT2D eigenvalue weighted by atomic mass is 16.5. The summed E-state index contributed by atoms with van der Waals surface area (Å²) in [6.07, 6.45) is -0.923. The first-order valence-electron chi connectivity index (χ1n) is 10.1. The number of rotatable bonds is 7. The van der Waals surface area contributed by atoms with Gasteiger partial charge in [-0.15, -0.1) is 0 Å². The van der Waals surface area contributed by atoms with Gasteiger partial charge in [-0.3, -0.25) is 19.0 Å². The van der Waals surface area contributed by atoms with Crippen molar-refractivity contribution in [2.24, 2.45) is 7.05 Å². The molecule has 9 nitrogen and oxygen atoms in total. The fourth-order valence-corrected chi connectivity index (χ4v) is 3.62. The molecule has 2 aromatic heterocycles. The second-order valence-corrected chi connectivity index (χ2v) is 7.52. The van der Waals surface area contributed by atoms with Crippen molar-refractivity contribution in [3.63, 3.8) is 0 Å². The Bertz CT molecular complexity index is 1270. The number of nitrogens with one attached hydrogen (secondary N) is 1. The van der Waals surface area contributed by atoms with E-state index < -0.39 is 23.8 Å². The summed E-state index contributed by atoms with van der Waals surface area (Å²) in [4.78, 5) is 56.9. The van der Waals surface area contributed by atoms with E-state index in [9.17, 15) is 19.2 Å². The number of aryl methyl sites for hydroxylation is 2. The maximum Gasteiger partial charge on any atom is 0.339 e. The SMILES string of the molecule is COC(=O)c1c(C)[nH]c(C(=O)C(C)OC(=O)CCc2nc3ccccc3c(=O)n2C)c1C. The number of fused-ring (bicyclic) bond motifs is 1. The highest BCUT2D eigenvalue weighted by Gasteiger charge is 2.27. The van der Waals surface area contributed by atoms with Gasteiger partial charge in [0, 0.05) is 19.2 Å². The fraction of sp³-hybridized carbons (Fsp3) is 0.348. The Morgan fingerprint density at radius 2 is 1.88 bits per heavy atom. The number of H-pyrrole nitrogens is 1. The lowest BCUT2D eigenvalue weighted by Crippen LogP contribution is -2.26. The number of Topliss-reactive ketones (excluding diaryl/α,β-unsaturated/α-hetero) is 1. The Labute approximate surface area is 184 Å². The standard InChI is InChI=1S/C23H25N3O6/c1-12-19(23(30)31-5)13(2)24-20(12)21(28)14(3)32-18(27)11-10-17-25-16-9-7-6-8-15(16)22(29)26(17)4/h6-9,14,24H,10-11H2,1-5H3. The van der Waals surface area contributed by atoms with Crippen molar-refractivity contribution in [2.75, 3.05) is 7.11 Å². The van der Waals surface area contributed by atoms with Crippen LogP contribution < -0.4 is 5.56 Å². The van der Waals surface area contributed by atoms with Crippen molar-refractivity contribution >= 4 is 28.6 Å². The van der Waals surface area contributed by atoms with Crippen molar-refractivity contribution in [3.8, 4) is 0 Å². The molecule has 9 heteroatoms. The molecule has 0 bridgehead atoms. The summed E-state index contributed by atoms with van der Waals surface area (Å²) in [5, 5.41) is 0.503. The van der Waals surface area contributed by atoms with E-state index in [-0.39, 0.29) is 29.7 Å². The van der Waals surface area contributed by atoms with Gasteiger partial charge in [-0.05, 0) is 38.5 Å². The normalized spacial score (nSPS) is 11.9. The molecular weight excluding hydrogens is 414 g/mol. The van der Waals surface area contributed by atoms with Gasteiger partial charge in [0.1, 0.15) is 5.82 Å². The number of methoxy groups -OCH3 is 1. The molecule has 2 heterocycles. The molecule has 3 aromatic rings. The molecule has 0 radical (unpaired) electrons. The summed E-state index contributed by atoms with van der Waals surface area (Å²) >= 11 is 0. The molecule has 1 aromatic carbocycles. The smallest absolute Gasteiger partial charge is 0.339 e. The molecule has 168 valence electrons. The van der Waals surface area contributed by atoms with Crippen LogP contribution in [0.15, 0.2) is 29.1 Å². The van der Waals surface area contributed by atoms with E-state index in [0.717, 1.165) is 0 Å². The van der Waals surface area contributed by atoms with Crippen molar-refractivity contribution in [1.82, 2.24) is 14.5 Å². The van der Waals surface area contributed by atoms with Crippen LogP contribution in [-0.2, 0) is 27.7 Å². The summed E-state index contributed by atoms with van der Waals surface area (Å²) in [6.45, 7) is 4.76. The molecule has 1 unspecified atom stereocenters. The van der Waals surface area contributed by atoms with Gasteiger partial charge in [-0.2, -0.15) is 0 Å². The zero-order valence-electron chi connectivity index (χ0n) is 18.6. The summed E-state index contributed by atoms with van der Waals surface area (Å²) in [7, 11) is 2.87. The van der Waals surface area contributed by atoms with Crippen LogP contribution in [0.2, 0.25) is 0 Å². The number of para-hydroxylation sites is 1. The summed E-state index contributed by atoms with van der Waals surface area (Å²) in [5.74, 6) is -1.15. The molecule has 0 amide bonds. The third kappa shape index (κ3) is 4.32. The third-order valence-corrected chi connectivity index (χ3v) is 5.38. The van der Waals surface area contributed by atoms with E-state index in [1.165, 1.54) is 18.6 Å². The van der Waals surface area contributed by atoms with Crippen LogP contribution in [0.4, 0.5) is 0 Å². The summed E-state index contributed by atoms with van der Waals surface area (Å²) in [6, 6.07) is 6.99. The van der Waals surface area contributed by atoms with Crippen LogP contribution in [0, 0.1) is 13.8 Å². The number of ether oxygens (including phenoxy) is 2. The number of esters is 2.